The standard InChI is InChI=1S/C22H33N5S/c1-4-23-22(25-14-21-26-20(16-28-21)17(2)3)24-13-18-7-9-19(10-8-18)15-27-11-5-6-12-27/h7-10,16-17H,4-6,11-15H2,1-3H3,(H2,23,24,25). The molecular weight excluding hydrogens is 366 g/mol. The number of aliphatic imine (C=N–C) groups is 1. The van der Waals surface area contributed by atoms with E-state index in [9.17, 15) is 0 Å². The van der Waals surface area contributed by atoms with E-state index in [4.69, 9.17) is 4.99 Å². The van der Waals surface area contributed by atoms with Crippen molar-refractivity contribution in [1.82, 2.24) is 20.5 Å². The van der Waals surface area contributed by atoms with Crippen LogP contribution in [0.4, 0.5) is 0 Å². The van der Waals surface area contributed by atoms with Crippen LogP contribution >= 0.6 is 11.3 Å². The van der Waals surface area contributed by atoms with Crippen molar-refractivity contribution in [2.75, 3.05) is 19.6 Å². The highest BCUT2D eigenvalue weighted by molar-refractivity contribution is 7.09. The predicted octanol–water partition coefficient (Wildman–Crippen LogP) is 4.12. The van der Waals surface area contributed by atoms with E-state index in [1.807, 2.05) is 0 Å². The van der Waals surface area contributed by atoms with E-state index in [2.05, 4.69) is 70.9 Å². The van der Waals surface area contributed by atoms with Crippen LogP contribution in [0.1, 0.15) is 61.4 Å². The van der Waals surface area contributed by atoms with Crippen molar-refractivity contribution in [3.63, 3.8) is 0 Å². The molecule has 0 aliphatic carbocycles. The van der Waals surface area contributed by atoms with Crippen molar-refractivity contribution >= 4 is 17.3 Å². The van der Waals surface area contributed by atoms with Gasteiger partial charge < -0.3 is 10.6 Å². The summed E-state index contributed by atoms with van der Waals surface area (Å²) in [5, 5.41) is 9.97. The van der Waals surface area contributed by atoms with Crippen LogP contribution in [0.5, 0.6) is 0 Å². The number of nitrogens with zero attached hydrogens (tertiary/aromatic N) is 3. The molecule has 0 amide bonds. The van der Waals surface area contributed by atoms with Gasteiger partial charge in [-0.1, -0.05) is 38.1 Å². The van der Waals surface area contributed by atoms with Gasteiger partial charge in [0.1, 0.15) is 5.01 Å². The summed E-state index contributed by atoms with van der Waals surface area (Å²) in [6.45, 7) is 12.2. The fraction of sp³-hybridized carbons (Fsp3) is 0.545. The van der Waals surface area contributed by atoms with Crippen molar-refractivity contribution in [2.24, 2.45) is 4.99 Å². The van der Waals surface area contributed by atoms with Crippen LogP contribution in [0.15, 0.2) is 34.6 Å². The zero-order valence-electron chi connectivity index (χ0n) is 17.4. The molecule has 0 saturated carbocycles. The number of aromatic nitrogens is 1. The van der Waals surface area contributed by atoms with E-state index in [1.165, 1.54) is 37.1 Å². The van der Waals surface area contributed by atoms with Crippen LogP contribution in [0, 0.1) is 0 Å². The number of likely N-dealkylation sites (tertiary alicyclic amines) is 1. The molecule has 0 atom stereocenters. The average Bonchev–Trinajstić information content (AvgIpc) is 3.37. The minimum absolute atomic E-state index is 0.473. The Morgan fingerprint density at radius 3 is 2.50 bits per heavy atom. The maximum atomic E-state index is 4.73. The van der Waals surface area contributed by atoms with E-state index < -0.39 is 0 Å². The molecule has 1 aliphatic rings. The van der Waals surface area contributed by atoms with Gasteiger partial charge in [-0.05, 0) is 49.9 Å². The fourth-order valence-corrected chi connectivity index (χ4v) is 4.19. The maximum Gasteiger partial charge on any atom is 0.191 e. The van der Waals surface area contributed by atoms with Crippen LogP contribution in [0.3, 0.4) is 0 Å². The zero-order chi connectivity index (χ0) is 19.8. The molecular formula is C22H33N5S. The number of thiazole rings is 1. The lowest BCUT2D eigenvalue weighted by Gasteiger charge is -2.14. The van der Waals surface area contributed by atoms with Crippen LogP contribution in [0.2, 0.25) is 0 Å². The maximum absolute atomic E-state index is 4.73. The number of hydrogen-bond acceptors (Lipinski definition) is 4. The highest BCUT2D eigenvalue weighted by Gasteiger charge is 2.11. The van der Waals surface area contributed by atoms with Crippen molar-refractivity contribution in [1.29, 1.82) is 0 Å². The largest absolute Gasteiger partial charge is 0.357 e. The Bertz CT molecular complexity index is 745. The quantitative estimate of drug-likeness (QED) is 0.518. The van der Waals surface area contributed by atoms with Gasteiger partial charge in [0.2, 0.25) is 0 Å². The second-order valence-corrected chi connectivity index (χ2v) is 8.61. The molecule has 1 aromatic heterocycles. The van der Waals surface area contributed by atoms with Crippen molar-refractivity contribution < 1.29 is 0 Å². The first-order valence-corrected chi connectivity index (χ1v) is 11.3. The van der Waals surface area contributed by atoms with Crippen LogP contribution in [-0.4, -0.2) is 35.5 Å². The van der Waals surface area contributed by atoms with Crippen LogP contribution in [-0.2, 0) is 19.6 Å². The van der Waals surface area contributed by atoms with E-state index in [1.54, 1.807) is 11.3 Å². The molecule has 0 spiro atoms. The van der Waals surface area contributed by atoms with Gasteiger partial charge in [0.15, 0.2) is 5.96 Å². The van der Waals surface area contributed by atoms with Crippen molar-refractivity contribution in [2.45, 2.75) is 59.2 Å². The second-order valence-electron chi connectivity index (χ2n) is 7.67. The molecule has 0 bridgehead atoms. The Morgan fingerprint density at radius 2 is 1.86 bits per heavy atom. The van der Waals surface area contributed by atoms with Gasteiger partial charge in [-0.3, -0.25) is 4.90 Å². The molecule has 2 heterocycles. The first-order chi connectivity index (χ1) is 13.6. The highest BCUT2D eigenvalue weighted by atomic mass is 32.1. The number of nitrogens with one attached hydrogen (secondary N) is 2. The molecule has 28 heavy (non-hydrogen) atoms. The average molecular weight is 400 g/mol. The summed E-state index contributed by atoms with van der Waals surface area (Å²) >= 11 is 1.71. The number of hydrogen-bond donors (Lipinski definition) is 2. The Morgan fingerprint density at radius 1 is 1.14 bits per heavy atom. The Labute approximate surface area is 173 Å². The fourth-order valence-electron chi connectivity index (χ4n) is 3.29. The normalized spacial score (nSPS) is 15.4. The van der Waals surface area contributed by atoms with Gasteiger partial charge in [0, 0.05) is 18.5 Å². The topological polar surface area (TPSA) is 52.6 Å². The van der Waals surface area contributed by atoms with Gasteiger partial charge in [-0.15, -0.1) is 11.3 Å². The lowest BCUT2D eigenvalue weighted by molar-refractivity contribution is 0.331. The Hall–Kier alpha value is -1.92. The van der Waals surface area contributed by atoms with Crippen LogP contribution in [0.25, 0.3) is 0 Å². The summed E-state index contributed by atoms with van der Waals surface area (Å²) in [5.41, 5.74) is 3.79. The lowest BCUT2D eigenvalue weighted by Crippen LogP contribution is -2.36. The van der Waals surface area contributed by atoms with Crippen LogP contribution < -0.4 is 10.6 Å². The van der Waals surface area contributed by atoms with Gasteiger partial charge >= 0.3 is 0 Å². The molecule has 152 valence electrons. The molecule has 2 N–H and O–H groups in total. The Kier molecular flexibility index (Phi) is 7.86. The molecule has 6 heteroatoms. The number of rotatable bonds is 8. The van der Waals surface area contributed by atoms with E-state index >= 15 is 0 Å². The molecule has 1 fully saturated rings. The predicted molar refractivity (Wildman–Crippen MR) is 119 cm³/mol. The third kappa shape index (κ3) is 6.31. The molecule has 3 rings (SSSR count). The SMILES string of the molecule is CCNC(=NCc1ccc(CN2CCCC2)cc1)NCc1nc(C(C)C)cs1. The minimum atomic E-state index is 0.473. The second kappa shape index (κ2) is 10.6. The molecule has 2 aromatic rings. The van der Waals surface area contributed by atoms with Gasteiger partial charge in [0.05, 0.1) is 18.8 Å². The summed E-state index contributed by atoms with van der Waals surface area (Å²) in [6, 6.07) is 8.89. The molecule has 0 unspecified atom stereocenters. The first-order valence-electron chi connectivity index (χ1n) is 10.4. The first kappa shape index (κ1) is 20.8. The van der Waals surface area contributed by atoms with Gasteiger partial charge in [-0.25, -0.2) is 9.98 Å². The highest BCUT2D eigenvalue weighted by Crippen LogP contribution is 2.17. The monoisotopic (exact) mass is 399 g/mol. The number of benzene rings is 1. The summed E-state index contributed by atoms with van der Waals surface area (Å²) in [4.78, 5) is 11.9. The molecule has 1 aromatic carbocycles. The van der Waals surface area contributed by atoms with E-state index in [0.29, 0.717) is 19.0 Å². The Balaban J connectivity index is 1.52. The van der Waals surface area contributed by atoms with E-state index in [-0.39, 0.29) is 0 Å². The van der Waals surface area contributed by atoms with E-state index in [0.717, 1.165) is 29.8 Å². The van der Waals surface area contributed by atoms with Gasteiger partial charge in [-0.2, -0.15) is 0 Å². The van der Waals surface area contributed by atoms with Crippen molar-refractivity contribution in [3.8, 4) is 0 Å². The van der Waals surface area contributed by atoms with Gasteiger partial charge in [0.25, 0.3) is 0 Å². The molecule has 5 nitrogen and oxygen atoms in total. The zero-order valence-corrected chi connectivity index (χ0v) is 18.2. The molecule has 0 radical (unpaired) electrons. The summed E-state index contributed by atoms with van der Waals surface area (Å²) < 4.78 is 0. The third-order valence-electron chi connectivity index (χ3n) is 4.96. The summed E-state index contributed by atoms with van der Waals surface area (Å²) in [5.74, 6) is 1.31. The molecule has 1 aliphatic heterocycles. The summed E-state index contributed by atoms with van der Waals surface area (Å²) in [6.07, 6.45) is 2.68. The summed E-state index contributed by atoms with van der Waals surface area (Å²) in [7, 11) is 0. The third-order valence-corrected chi connectivity index (χ3v) is 5.83. The lowest BCUT2D eigenvalue weighted by atomic mass is 10.1. The number of guanidine groups is 1. The smallest absolute Gasteiger partial charge is 0.191 e. The van der Waals surface area contributed by atoms with Crippen molar-refractivity contribution in [3.05, 3.63) is 51.5 Å². The molecule has 1 saturated heterocycles. The minimum Gasteiger partial charge on any atom is -0.357 e.